The average Bonchev–Trinajstić information content (AvgIpc) is 2.30. The van der Waals surface area contributed by atoms with Crippen molar-refractivity contribution in [1.82, 2.24) is 15.3 Å². The lowest BCUT2D eigenvalue weighted by atomic mass is 9.96. The summed E-state index contributed by atoms with van der Waals surface area (Å²) in [6.07, 6.45) is 4.18. The van der Waals surface area contributed by atoms with Gasteiger partial charge in [0.2, 0.25) is 0 Å². The van der Waals surface area contributed by atoms with E-state index in [4.69, 9.17) is 4.74 Å². The summed E-state index contributed by atoms with van der Waals surface area (Å²) in [7, 11) is 1.60. The fourth-order valence-electron chi connectivity index (χ4n) is 1.78. The molecule has 1 unspecified atom stereocenters. The zero-order valence-corrected chi connectivity index (χ0v) is 8.36. The minimum atomic E-state index is 0.466. The third-order valence-electron chi connectivity index (χ3n) is 2.55. The van der Waals surface area contributed by atoms with Crippen LogP contribution in [0.3, 0.4) is 0 Å². The third-order valence-corrected chi connectivity index (χ3v) is 2.55. The molecule has 0 aliphatic carbocycles. The van der Waals surface area contributed by atoms with Crippen molar-refractivity contribution in [1.29, 1.82) is 0 Å². The Hall–Kier alpha value is -1.16. The van der Waals surface area contributed by atoms with E-state index in [-0.39, 0.29) is 0 Å². The number of piperidine rings is 1. The van der Waals surface area contributed by atoms with E-state index < -0.39 is 0 Å². The van der Waals surface area contributed by atoms with Gasteiger partial charge in [-0.05, 0) is 25.5 Å². The quantitative estimate of drug-likeness (QED) is 0.759. The van der Waals surface area contributed by atoms with Crippen LogP contribution >= 0.6 is 0 Å². The molecule has 0 radical (unpaired) electrons. The summed E-state index contributed by atoms with van der Waals surface area (Å²) in [5.41, 5.74) is 1.09. The Morgan fingerprint density at radius 1 is 1.57 bits per heavy atom. The largest absolute Gasteiger partial charge is 0.467 e. The van der Waals surface area contributed by atoms with Crippen LogP contribution in [0.25, 0.3) is 0 Å². The first-order chi connectivity index (χ1) is 6.90. The Bertz CT molecular complexity index is 297. The van der Waals surface area contributed by atoms with Gasteiger partial charge < -0.3 is 10.1 Å². The van der Waals surface area contributed by atoms with Crippen LogP contribution in [0.15, 0.2) is 12.3 Å². The highest BCUT2D eigenvalue weighted by atomic mass is 16.5. The highest BCUT2D eigenvalue weighted by molar-refractivity contribution is 5.12. The van der Waals surface area contributed by atoms with Crippen molar-refractivity contribution < 1.29 is 4.74 Å². The molecule has 76 valence electrons. The van der Waals surface area contributed by atoms with Gasteiger partial charge in [0.1, 0.15) is 0 Å². The van der Waals surface area contributed by atoms with Gasteiger partial charge in [-0.2, -0.15) is 4.98 Å². The molecule has 4 nitrogen and oxygen atoms in total. The van der Waals surface area contributed by atoms with E-state index in [0.717, 1.165) is 18.8 Å². The summed E-state index contributed by atoms with van der Waals surface area (Å²) in [5.74, 6) is 0.514. The second-order valence-corrected chi connectivity index (χ2v) is 3.51. The van der Waals surface area contributed by atoms with E-state index in [1.807, 2.05) is 6.07 Å². The highest BCUT2D eigenvalue weighted by Crippen LogP contribution is 2.21. The van der Waals surface area contributed by atoms with Crippen molar-refractivity contribution >= 4 is 0 Å². The van der Waals surface area contributed by atoms with Gasteiger partial charge in [-0.1, -0.05) is 0 Å². The number of hydrogen-bond donors (Lipinski definition) is 1. The Morgan fingerprint density at radius 3 is 3.21 bits per heavy atom. The fourth-order valence-corrected chi connectivity index (χ4v) is 1.78. The van der Waals surface area contributed by atoms with Crippen LogP contribution in [0.1, 0.15) is 24.5 Å². The molecule has 1 saturated heterocycles. The third kappa shape index (κ3) is 2.01. The standard InChI is InChI=1S/C10H15N3O/c1-14-10-12-6-4-9(13-10)8-3-2-5-11-7-8/h4,6,8,11H,2-3,5,7H2,1H3. The van der Waals surface area contributed by atoms with E-state index in [9.17, 15) is 0 Å². The van der Waals surface area contributed by atoms with Crippen molar-refractivity contribution in [2.24, 2.45) is 0 Å². The predicted octanol–water partition coefficient (Wildman–Crippen LogP) is 0.952. The van der Waals surface area contributed by atoms with E-state index in [2.05, 4.69) is 15.3 Å². The summed E-state index contributed by atoms with van der Waals surface area (Å²) in [4.78, 5) is 8.34. The topological polar surface area (TPSA) is 47.0 Å². The van der Waals surface area contributed by atoms with Gasteiger partial charge in [0.15, 0.2) is 0 Å². The Labute approximate surface area is 83.7 Å². The lowest BCUT2D eigenvalue weighted by Gasteiger charge is -2.22. The van der Waals surface area contributed by atoms with E-state index in [1.165, 1.54) is 12.8 Å². The Balaban J connectivity index is 2.13. The SMILES string of the molecule is COc1nccc(C2CCCNC2)n1. The minimum Gasteiger partial charge on any atom is -0.467 e. The number of methoxy groups -OCH3 is 1. The second kappa shape index (κ2) is 4.37. The molecule has 2 heterocycles. The molecule has 0 aromatic carbocycles. The van der Waals surface area contributed by atoms with Crippen molar-refractivity contribution in [2.45, 2.75) is 18.8 Å². The summed E-state index contributed by atoms with van der Waals surface area (Å²) in [6, 6.07) is 2.44. The Morgan fingerprint density at radius 2 is 2.50 bits per heavy atom. The van der Waals surface area contributed by atoms with Crippen LogP contribution < -0.4 is 10.1 Å². The van der Waals surface area contributed by atoms with E-state index in [1.54, 1.807) is 13.3 Å². The average molecular weight is 193 g/mol. The van der Waals surface area contributed by atoms with Gasteiger partial charge >= 0.3 is 6.01 Å². The van der Waals surface area contributed by atoms with Gasteiger partial charge in [-0.25, -0.2) is 4.98 Å². The summed E-state index contributed by atoms with van der Waals surface area (Å²) in [5, 5.41) is 3.37. The monoisotopic (exact) mass is 193 g/mol. The van der Waals surface area contributed by atoms with Crippen LogP contribution in [-0.4, -0.2) is 30.2 Å². The molecular formula is C10H15N3O. The van der Waals surface area contributed by atoms with E-state index in [0.29, 0.717) is 11.9 Å². The molecule has 14 heavy (non-hydrogen) atoms. The summed E-state index contributed by atoms with van der Waals surface area (Å²) in [6.45, 7) is 2.14. The fraction of sp³-hybridized carbons (Fsp3) is 0.600. The van der Waals surface area contributed by atoms with Crippen LogP contribution in [0.4, 0.5) is 0 Å². The molecule has 2 rings (SSSR count). The zero-order chi connectivity index (χ0) is 9.80. The molecule has 1 aliphatic rings. The van der Waals surface area contributed by atoms with Crippen molar-refractivity contribution in [3.63, 3.8) is 0 Å². The molecule has 0 amide bonds. The number of nitrogens with zero attached hydrogens (tertiary/aromatic N) is 2. The van der Waals surface area contributed by atoms with Gasteiger partial charge in [-0.15, -0.1) is 0 Å². The van der Waals surface area contributed by atoms with Crippen LogP contribution in [0, 0.1) is 0 Å². The maximum absolute atomic E-state index is 5.00. The van der Waals surface area contributed by atoms with Gasteiger partial charge in [0.25, 0.3) is 0 Å². The summed E-state index contributed by atoms with van der Waals surface area (Å²) >= 11 is 0. The molecule has 4 heteroatoms. The number of ether oxygens (including phenoxy) is 1. The van der Waals surface area contributed by atoms with Crippen molar-refractivity contribution in [3.8, 4) is 6.01 Å². The molecule has 1 atom stereocenters. The lowest BCUT2D eigenvalue weighted by Crippen LogP contribution is -2.28. The Kier molecular flexibility index (Phi) is 2.93. The smallest absolute Gasteiger partial charge is 0.316 e. The number of hydrogen-bond acceptors (Lipinski definition) is 4. The molecule has 0 bridgehead atoms. The molecule has 0 spiro atoms. The van der Waals surface area contributed by atoms with Crippen molar-refractivity contribution in [2.75, 3.05) is 20.2 Å². The number of aromatic nitrogens is 2. The normalized spacial score (nSPS) is 21.9. The van der Waals surface area contributed by atoms with Gasteiger partial charge in [0, 0.05) is 18.7 Å². The first kappa shape index (κ1) is 9.40. The maximum atomic E-state index is 5.00. The summed E-state index contributed by atoms with van der Waals surface area (Å²) < 4.78 is 5.00. The van der Waals surface area contributed by atoms with Crippen LogP contribution in [0.2, 0.25) is 0 Å². The second-order valence-electron chi connectivity index (χ2n) is 3.51. The number of nitrogens with one attached hydrogen (secondary N) is 1. The first-order valence-electron chi connectivity index (χ1n) is 4.98. The van der Waals surface area contributed by atoms with Crippen LogP contribution in [0.5, 0.6) is 6.01 Å². The first-order valence-corrected chi connectivity index (χ1v) is 4.98. The lowest BCUT2D eigenvalue weighted by molar-refractivity contribution is 0.372. The molecule has 0 saturated carbocycles. The molecular weight excluding hydrogens is 178 g/mol. The van der Waals surface area contributed by atoms with Gasteiger partial charge in [-0.3, -0.25) is 0 Å². The highest BCUT2D eigenvalue weighted by Gasteiger charge is 2.16. The van der Waals surface area contributed by atoms with Crippen molar-refractivity contribution in [3.05, 3.63) is 18.0 Å². The molecule has 1 aliphatic heterocycles. The van der Waals surface area contributed by atoms with Gasteiger partial charge in [0.05, 0.1) is 12.8 Å². The zero-order valence-electron chi connectivity index (χ0n) is 8.36. The number of rotatable bonds is 2. The molecule has 1 fully saturated rings. The molecule has 1 aromatic rings. The van der Waals surface area contributed by atoms with E-state index >= 15 is 0 Å². The minimum absolute atomic E-state index is 0.466. The molecule has 1 N–H and O–H groups in total. The van der Waals surface area contributed by atoms with Crippen LogP contribution in [-0.2, 0) is 0 Å². The predicted molar refractivity (Wildman–Crippen MR) is 53.4 cm³/mol. The maximum Gasteiger partial charge on any atom is 0.316 e. The molecule has 1 aromatic heterocycles.